The zero-order valence-corrected chi connectivity index (χ0v) is 15.6. The fourth-order valence-electron chi connectivity index (χ4n) is 3.00. The molecule has 7 nitrogen and oxygen atoms in total. The number of carbonyl (C=O) groups excluding carboxylic acids is 1. The summed E-state index contributed by atoms with van der Waals surface area (Å²) in [7, 11) is 0. The largest absolute Gasteiger partial charge is 0.346 e. The van der Waals surface area contributed by atoms with E-state index in [-0.39, 0.29) is 23.4 Å². The lowest BCUT2D eigenvalue weighted by Crippen LogP contribution is -2.23. The minimum Gasteiger partial charge on any atom is -0.346 e. The zero-order chi connectivity index (χ0) is 20.4. The Morgan fingerprint density at radius 1 is 1.21 bits per heavy atom. The summed E-state index contributed by atoms with van der Waals surface area (Å²) in [5.41, 5.74) is 1.61. The topological polar surface area (TPSA) is 77.1 Å². The van der Waals surface area contributed by atoms with E-state index in [4.69, 9.17) is 0 Å². The molecule has 3 heterocycles. The fourth-order valence-corrected chi connectivity index (χ4v) is 3.00. The number of carbonyl (C=O) groups is 1. The summed E-state index contributed by atoms with van der Waals surface area (Å²) >= 11 is 0. The second kappa shape index (κ2) is 7.78. The van der Waals surface area contributed by atoms with Crippen molar-refractivity contribution in [3.8, 4) is 11.3 Å². The Labute approximate surface area is 165 Å². The molecule has 0 spiro atoms. The Morgan fingerprint density at radius 3 is 2.69 bits per heavy atom. The van der Waals surface area contributed by atoms with E-state index < -0.39 is 12.3 Å². The van der Waals surface area contributed by atoms with Gasteiger partial charge in [0.2, 0.25) is 0 Å². The van der Waals surface area contributed by atoms with E-state index in [0.29, 0.717) is 17.0 Å². The van der Waals surface area contributed by atoms with Gasteiger partial charge in [-0.1, -0.05) is 30.3 Å². The molecule has 1 N–H and O–H groups in total. The summed E-state index contributed by atoms with van der Waals surface area (Å²) in [6.45, 7) is 2.90. The van der Waals surface area contributed by atoms with E-state index in [1.165, 1.54) is 12.3 Å². The number of fused-ring (bicyclic) bond motifs is 1. The number of nitrogens with one attached hydrogen (secondary N) is 1. The molecule has 29 heavy (non-hydrogen) atoms. The predicted molar refractivity (Wildman–Crippen MR) is 102 cm³/mol. The summed E-state index contributed by atoms with van der Waals surface area (Å²) in [5.74, 6) is -0.455. The van der Waals surface area contributed by atoms with Gasteiger partial charge in [-0.25, -0.2) is 18.3 Å². The fraction of sp³-hybridized carbons (Fsp3) is 0.200. The van der Waals surface area contributed by atoms with Crippen molar-refractivity contribution in [3.05, 3.63) is 71.8 Å². The molecule has 0 aliphatic rings. The number of aryl methyl sites for hydroxylation is 1. The summed E-state index contributed by atoms with van der Waals surface area (Å²) in [5, 5.41) is 11.0. The maximum Gasteiger partial charge on any atom is 0.280 e. The van der Waals surface area contributed by atoms with Crippen molar-refractivity contribution in [3.63, 3.8) is 0 Å². The number of alkyl halides is 2. The van der Waals surface area contributed by atoms with Crippen molar-refractivity contribution in [1.29, 1.82) is 0 Å². The number of nitrogens with zero attached hydrogens (tertiary/aromatic N) is 5. The molecular formula is C20H18F2N6O. The molecule has 0 unspecified atom stereocenters. The van der Waals surface area contributed by atoms with Crippen LogP contribution in [0.3, 0.4) is 0 Å². The lowest BCUT2D eigenvalue weighted by atomic mass is 10.1. The highest BCUT2D eigenvalue weighted by molar-refractivity contribution is 5.99. The molecule has 0 saturated carbocycles. The molecule has 1 amide bonds. The van der Waals surface area contributed by atoms with E-state index in [0.717, 1.165) is 11.1 Å². The lowest BCUT2D eigenvalue weighted by molar-refractivity contribution is 0.0951. The van der Waals surface area contributed by atoms with Crippen molar-refractivity contribution >= 4 is 11.6 Å². The number of rotatable bonds is 6. The first-order valence-electron chi connectivity index (χ1n) is 9.09. The van der Waals surface area contributed by atoms with Gasteiger partial charge in [-0.2, -0.15) is 10.2 Å². The molecule has 4 aromatic rings. The number of halogens is 2. The molecule has 0 aliphatic carbocycles. The number of hydrogen-bond donors (Lipinski definition) is 1. The zero-order valence-electron chi connectivity index (χ0n) is 15.6. The van der Waals surface area contributed by atoms with Gasteiger partial charge in [-0.15, -0.1) is 0 Å². The third kappa shape index (κ3) is 3.71. The normalized spacial score (nSPS) is 11.3. The quantitative estimate of drug-likeness (QED) is 0.541. The van der Waals surface area contributed by atoms with Crippen LogP contribution in [-0.4, -0.2) is 30.3 Å². The highest BCUT2D eigenvalue weighted by atomic mass is 19.3. The Kier molecular flexibility index (Phi) is 5.03. The highest BCUT2D eigenvalue weighted by Crippen LogP contribution is 2.26. The summed E-state index contributed by atoms with van der Waals surface area (Å²) in [6.07, 6.45) is 0.305. The second-order valence-electron chi connectivity index (χ2n) is 6.37. The molecule has 148 valence electrons. The molecule has 9 heteroatoms. The van der Waals surface area contributed by atoms with Crippen molar-refractivity contribution in [2.75, 3.05) is 0 Å². The molecule has 4 rings (SSSR count). The van der Waals surface area contributed by atoms with Crippen LogP contribution in [0.15, 0.2) is 54.9 Å². The van der Waals surface area contributed by atoms with E-state index >= 15 is 0 Å². The van der Waals surface area contributed by atoms with Crippen LogP contribution in [0.25, 0.3) is 16.9 Å². The third-order valence-electron chi connectivity index (χ3n) is 4.49. The summed E-state index contributed by atoms with van der Waals surface area (Å²) in [6, 6.07) is 12.1. The lowest BCUT2D eigenvalue weighted by Gasteiger charge is -2.08. The van der Waals surface area contributed by atoms with Crippen molar-refractivity contribution < 1.29 is 13.6 Å². The Morgan fingerprint density at radius 2 is 2.00 bits per heavy atom. The molecule has 0 aliphatic heterocycles. The molecule has 1 aromatic carbocycles. The molecule has 0 atom stereocenters. The van der Waals surface area contributed by atoms with Gasteiger partial charge in [0.25, 0.3) is 12.3 Å². The van der Waals surface area contributed by atoms with Gasteiger partial charge in [0.05, 0.1) is 24.1 Å². The molecule has 3 aromatic heterocycles. The smallest absolute Gasteiger partial charge is 0.280 e. The second-order valence-corrected chi connectivity index (χ2v) is 6.37. The van der Waals surface area contributed by atoms with Crippen LogP contribution in [0.1, 0.15) is 35.1 Å². The minimum absolute atomic E-state index is 0.0817. The first-order chi connectivity index (χ1) is 14.1. The van der Waals surface area contributed by atoms with Gasteiger partial charge in [0.1, 0.15) is 11.3 Å². The van der Waals surface area contributed by atoms with Gasteiger partial charge < -0.3 is 5.32 Å². The van der Waals surface area contributed by atoms with Crippen LogP contribution in [-0.2, 0) is 13.1 Å². The monoisotopic (exact) mass is 396 g/mol. The minimum atomic E-state index is -2.77. The Balaban J connectivity index is 1.69. The SMILES string of the molecule is CCn1ccc(CNC(=O)c2cnn3c(C(F)F)cc(-c4ccccc4)nc23)n1. The average Bonchev–Trinajstić information content (AvgIpc) is 3.38. The Bertz CT molecular complexity index is 1150. The molecular weight excluding hydrogens is 378 g/mol. The van der Waals surface area contributed by atoms with Crippen LogP contribution < -0.4 is 5.32 Å². The third-order valence-corrected chi connectivity index (χ3v) is 4.49. The van der Waals surface area contributed by atoms with Crippen molar-refractivity contribution in [2.24, 2.45) is 0 Å². The van der Waals surface area contributed by atoms with E-state index in [2.05, 4.69) is 20.5 Å². The van der Waals surface area contributed by atoms with Crippen LogP contribution in [0.2, 0.25) is 0 Å². The number of hydrogen-bond acceptors (Lipinski definition) is 4. The van der Waals surface area contributed by atoms with E-state index in [9.17, 15) is 13.6 Å². The molecule has 0 fully saturated rings. The average molecular weight is 396 g/mol. The summed E-state index contributed by atoms with van der Waals surface area (Å²) in [4.78, 5) is 17.1. The number of benzene rings is 1. The van der Waals surface area contributed by atoms with Gasteiger partial charge in [-0.05, 0) is 19.1 Å². The Hall–Kier alpha value is -3.62. The van der Waals surface area contributed by atoms with Crippen LogP contribution in [0.5, 0.6) is 0 Å². The van der Waals surface area contributed by atoms with Gasteiger partial charge in [0, 0.05) is 18.3 Å². The predicted octanol–water partition coefficient (Wildman–Crippen LogP) is 3.48. The van der Waals surface area contributed by atoms with Crippen LogP contribution >= 0.6 is 0 Å². The number of aromatic nitrogens is 5. The van der Waals surface area contributed by atoms with Crippen molar-refractivity contribution in [2.45, 2.75) is 26.4 Å². The summed E-state index contributed by atoms with van der Waals surface area (Å²) < 4.78 is 30.0. The van der Waals surface area contributed by atoms with Crippen molar-refractivity contribution in [1.82, 2.24) is 29.7 Å². The molecule has 0 bridgehead atoms. The number of amides is 1. The first kappa shape index (κ1) is 18.7. The molecule has 0 radical (unpaired) electrons. The maximum atomic E-state index is 13.6. The van der Waals surface area contributed by atoms with Gasteiger partial charge in [-0.3, -0.25) is 9.48 Å². The van der Waals surface area contributed by atoms with Gasteiger partial charge >= 0.3 is 0 Å². The van der Waals surface area contributed by atoms with Crippen LogP contribution in [0.4, 0.5) is 8.78 Å². The first-order valence-corrected chi connectivity index (χ1v) is 9.09. The molecule has 0 saturated heterocycles. The highest BCUT2D eigenvalue weighted by Gasteiger charge is 2.21. The standard InChI is InChI=1S/C20H18F2N6O/c1-2-27-9-8-14(26-27)11-23-20(29)15-12-24-28-17(18(21)22)10-16(25-19(15)28)13-6-4-3-5-7-13/h3-10,12,18H,2,11H2,1H3,(H,23,29). The van der Waals surface area contributed by atoms with E-state index in [1.54, 1.807) is 35.0 Å². The van der Waals surface area contributed by atoms with E-state index in [1.807, 2.05) is 19.2 Å². The maximum absolute atomic E-state index is 13.6. The van der Waals surface area contributed by atoms with Gasteiger partial charge in [0.15, 0.2) is 5.65 Å². The van der Waals surface area contributed by atoms with Crippen LogP contribution in [0, 0.1) is 0 Å².